The number of aryl methyl sites for hydroxylation is 1. The number of thiazole rings is 1. The lowest BCUT2D eigenvalue weighted by Crippen LogP contribution is -2.06. The first-order valence-electron chi connectivity index (χ1n) is 5.00. The lowest BCUT2D eigenvalue weighted by molar-refractivity contribution is 0.316. The standard InChI is InChI=1S/C11H14N2OS/c1-8-13-11-9(14-7-3-6-12)4-2-5-10(11)15-8/h2,4-5H,3,6-7,12H2,1H3. The summed E-state index contributed by atoms with van der Waals surface area (Å²) in [4.78, 5) is 4.45. The molecule has 2 aromatic rings. The van der Waals surface area contributed by atoms with E-state index in [0.717, 1.165) is 22.7 Å². The van der Waals surface area contributed by atoms with Crippen molar-refractivity contribution in [2.24, 2.45) is 5.73 Å². The number of hydrogen-bond acceptors (Lipinski definition) is 4. The van der Waals surface area contributed by atoms with Crippen molar-refractivity contribution in [1.29, 1.82) is 0 Å². The van der Waals surface area contributed by atoms with E-state index in [1.54, 1.807) is 11.3 Å². The Hall–Kier alpha value is -1.13. The van der Waals surface area contributed by atoms with Gasteiger partial charge in [-0.25, -0.2) is 4.98 Å². The van der Waals surface area contributed by atoms with Crippen LogP contribution in [-0.4, -0.2) is 18.1 Å². The number of rotatable bonds is 4. The number of aromatic nitrogens is 1. The molecule has 0 aliphatic carbocycles. The van der Waals surface area contributed by atoms with Gasteiger partial charge in [-0.1, -0.05) is 6.07 Å². The second kappa shape index (κ2) is 4.59. The maximum Gasteiger partial charge on any atom is 0.146 e. The summed E-state index contributed by atoms with van der Waals surface area (Å²) in [5, 5.41) is 1.07. The molecule has 0 aliphatic rings. The van der Waals surface area contributed by atoms with E-state index in [4.69, 9.17) is 10.5 Å². The van der Waals surface area contributed by atoms with Crippen LogP contribution in [0.15, 0.2) is 18.2 Å². The molecule has 0 radical (unpaired) electrons. The number of fused-ring (bicyclic) bond motifs is 1. The number of para-hydroxylation sites is 1. The van der Waals surface area contributed by atoms with Crippen LogP contribution in [0.1, 0.15) is 11.4 Å². The summed E-state index contributed by atoms with van der Waals surface area (Å²) in [5.74, 6) is 0.866. The van der Waals surface area contributed by atoms with E-state index in [9.17, 15) is 0 Å². The van der Waals surface area contributed by atoms with Gasteiger partial charge in [0.15, 0.2) is 0 Å². The molecule has 3 nitrogen and oxygen atoms in total. The second-order valence-electron chi connectivity index (χ2n) is 3.33. The van der Waals surface area contributed by atoms with Crippen LogP contribution in [0.5, 0.6) is 5.75 Å². The molecule has 1 heterocycles. The fourth-order valence-electron chi connectivity index (χ4n) is 1.42. The smallest absolute Gasteiger partial charge is 0.146 e. The molecule has 0 spiro atoms. The van der Waals surface area contributed by atoms with Gasteiger partial charge in [0.1, 0.15) is 11.3 Å². The lowest BCUT2D eigenvalue weighted by Gasteiger charge is -2.04. The van der Waals surface area contributed by atoms with Crippen LogP contribution in [0, 0.1) is 6.92 Å². The Kier molecular flexibility index (Phi) is 3.18. The van der Waals surface area contributed by atoms with Crippen LogP contribution in [-0.2, 0) is 0 Å². The van der Waals surface area contributed by atoms with Crippen LogP contribution < -0.4 is 10.5 Å². The maximum atomic E-state index is 5.64. The van der Waals surface area contributed by atoms with Gasteiger partial charge < -0.3 is 10.5 Å². The predicted octanol–water partition coefficient (Wildman–Crippen LogP) is 2.33. The van der Waals surface area contributed by atoms with Crippen LogP contribution in [0.3, 0.4) is 0 Å². The van der Waals surface area contributed by atoms with E-state index >= 15 is 0 Å². The molecule has 0 bridgehead atoms. The van der Waals surface area contributed by atoms with E-state index in [0.29, 0.717) is 13.2 Å². The van der Waals surface area contributed by atoms with Crippen LogP contribution in [0.25, 0.3) is 10.2 Å². The zero-order chi connectivity index (χ0) is 10.7. The molecule has 2 rings (SSSR count). The van der Waals surface area contributed by atoms with E-state index in [1.807, 2.05) is 19.1 Å². The summed E-state index contributed by atoms with van der Waals surface area (Å²) in [6.45, 7) is 3.33. The Morgan fingerprint density at radius 2 is 2.33 bits per heavy atom. The average Bonchev–Trinajstić information content (AvgIpc) is 2.59. The van der Waals surface area contributed by atoms with Gasteiger partial charge in [0.2, 0.25) is 0 Å². The summed E-state index contributed by atoms with van der Waals surface area (Å²) < 4.78 is 6.82. The zero-order valence-corrected chi connectivity index (χ0v) is 9.51. The molecule has 0 atom stereocenters. The summed E-state index contributed by atoms with van der Waals surface area (Å²) in [6, 6.07) is 6.02. The first-order valence-corrected chi connectivity index (χ1v) is 5.82. The number of benzene rings is 1. The van der Waals surface area contributed by atoms with Gasteiger partial charge in [0.05, 0.1) is 16.3 Å². The zero-order valence-electron chi connectivity index (χ0n) is 8.69. The third kappa shape index (κ3) is 2.27. The van der Waals surface area contributed by atoms with Gasteiger partial charge in [-0.3, -0.25) is 0 Å². The number of hydrogen-bond donors (Lipinski definition) is 1. The molecular formula is C11H14N2OS. The van der Waals surface area contributed by atoms with Crippen molar-refractivity contribution in [2.75, 3.05) is 13.2 Å². The Labute approximate surface area is 92.9 Å². The fraction of sp³-hybridized carbons (Fsp3) is 0.364. The highest BCUT2D eigenvalue weighted by molar-refractivity contribution is 7.18. The molecule has 80 valence electrons. The molecule has 0 fully saturated rings. The van der Waals surface area contributed by atoms with Gasteiger partial charge in [0.25, 0.3) is 0 Å². The van der Waals surface area contributed by atoms with Crippen molar-refractivity contribution in [3.63, 3.8) is 0 Å². The molecule has 2 N–H and O–H groups in total. The van der Waals surface area contributed by atoms with Gasteiger partial charge in [-0.15, -0.1) is 11.3 Å². The predicted molar refractivity (Wildman–Crippen MR) is 63.5 cm³/mol. The van der Waals surface area contributed by atoms with E-state index in [1.165, 1.54) is 4.70 Å². The molecule has 4 heteroatoms. The summed E-state index contributed by atoms with van der Waals surface area (Å²) in [5.41, 5.74) is 6.39. The molecule has 0 amide bonds. The molecule has 0 aliphatic heterocycles. The first kappa shape index (κ1) is 10.4. The Bertz CT molecular complexity index is 453. The summed E-state index contributed by atoms with van der Waals surface area (Å²) >= 11 is 1.69. The molecule has 1 aromatic carbocycles. The second-order valence-corrected chi connectivity index (χ2v) is 4.56. The highest BCUT2D eigenvalue weighted by Crippen LogP contribution is 2.29. The van der Waals surface area contributed by atoms with Crippen LogP contribution in [0.2, 0.25) is 0 Å². The van der Waals surface area contributed by atoms with Gasteiger partial charge in [-0.05, 0) is 32.0 Å². The monoisotopic (exact) mass is 222 g/mol. The molecule has 0 unspecified atom stereocenters. The largest absolute Gasteiger partial charge is 0.491 e. The third-order valence-corrected chi connectivity index (χ3v) is 3.03. The molecular weight excluding hydrogens is 208 g/mol. The highest BCUT2D eigenvalue weighted by atomic mass is 32.1. The Morgan fingerprint density at radius 3 is 3.13 bits per heavy atom. The average molecular weight is 222 g/mol. The van der Waals surface area contributed by atoms with Crippen molar-refractivity contribution in [1.82, 2.24) is 4.98 Å². The Morgan fingerprint density at radius 1 is 1.47 bits per heavy atom. The molecule has 0 saturated heterocycles. The minimum Gasteiger partial charge on any atom is -0.491 e. The van der Waals surface area contributed by atoms with Crippen LogP contribution >= 0.6 is 11.3 Å². The SMILES string of the molecule is Cc1nc2c(OCCCN)cccc2s1. The minimum absolute atomic E-state index is 0.659. The third-order valence-electron chi connectivity index (χ3n) is 2.09. The Balaban J connectivity index is 2.25. The van der Waals surface area contributed by atoms with Crippen molar-refractivity contribution in [3.05, 3.63) is 23.2 Å². The molecule has 0 saturated carbocycles. The summed E-state index contributed by atoms with van der Waals surface area (Å²) in [6.07, 6.45) is 0.875. The minimum atomic E-state index is 0.659. The topological polar surface area (TPSA) is 48.1 Å². The normalized spacial score (nSPS) is 10.8. The maximum absolute atomic E-state index is 5.64. The highest BCUT2D eigenvalue weighted by Gasteiger charge is 2.06. The fourth-order valence-corrected chi connectivity index (χ4v) is 2.26. The summed E-state index contributed by atoms with van der Waals surface area (Å²) in [7, 11) is 0. The number of nitrogens with zero attached hydrogens (tertiary/aromatic N) is 1. The molecule has 1 aromatic heterocycles. The molecule has 15 heavy (non-hydrogen) atoms. The first-order chi connectivity index (χ1) is 7.31. The number of ether oxygens (including phenoxy) is 1. The van der Waals surface area contributed by atoms with Gasteiger partial charge >= 0.3 is 0 Å². The quantitative estimate of drug-likeness (QED) is 0.808. The van der Waals surface area contributed by atoms with Gasteiger partial charge in [-0.2, -0.15) is 0 Å². The van der Waals surface area contributed by atoms with E-state index in [-0.39, 0.29) is 0 Å². The van der Waals surface area contributed by atoms with Crippen molar-refractivity contribution < 1.29 is 4.74 Å². The van der Waals surface area contributed by atoms with Gasteiger partial charge in [0, 0.05) is 0 Å². The lowest BCUT2D eigenvalue weighted by atomic mass is 10.3. The van der Waals surface area contributed by atoms with Crippen molar-refractivity contribution >= 4 is 21.6 Å². The van der Waals surface area contributed by atoms with Crippen molar-refractivity contribution in [2.45, 2.75) is 13.3 Å². The van der Waals surface area contributed by atoms with Crippen LogP contribution in [0.4, 0.5) is 0 Å². The van der Waals surface area contributed by atoms with Crippen molar-refractivity contribution in [3.8, 4) is 5.75 Å². The number of nitrogens with two attached hydrogens (primary N) is 1. The van der Waals surface area contributed by atoms with E-state index in [2.05, 4.69) is 11.1 Å². The van der Waals surface area contributed by atoms with E-state index < -0.39 is 0 Å².